The standard InChI is InChI=1S/C19H21N3O4S2/c23-18-8-9-19(24)22(18)12-17-20-16(13-27-17)14-4-6-15(7-5-14)28(25,26)21-10-2-1-3-11-21/h4-7,13H,1-3,8-12H2. The van der Waals surface area contributed by atoms with Crippen LogP contribution in [-0.2, 0) is 26.2 Å². The predicted octanol–water partition coefficient (Wildman–Crippen LogP) is 2.63. The van der Waals surface area contributed by atoms with Gasteiger partial charge >= 0.3 is 0 Å². The van der Waals surface area contributed by atoms with Crippen molar-refractivity contribution < 1.29 is 18.0 Å². The molecule has 28 heavy (non-hydrogen) atoms. The van der Waals surface area contributed by atoms with E-state index in [1.54, 1.807) is 28.6 Å². The molecule has 2 aromatic rings. The molecular weight excluding hydrogens is 398 g/mol. The van der Waals surface area contributed by atoms with Gasteiger partial charge in [0.25, 0.3) is 0 Å². The lowest BCUT2D eigenvalue weighted by Crippen LogP contribution is -2.35. The molecule has 4 rings (SSSR count). The Balaban J connectivity index is 1.49. The van der Waals surface area contributed by atoms with Gasteiger partial charge in [0.05, 0.1) is 17.1 Å². The fraction of sp³-hybridized carbons (Fsp3) is 0.421. The topological polar surface area (TPSA) is 87.6 Å². The number of likely N-dealkylation sites (tertiary alicyclic amines) is 1. The summed E-state index contributed by atoms with van der Waals surface area (Å²) in [5.74, 6) is -0.317. The third kappa shape index (κ3) is 3.74. The number of aromatic nitrogens is 1. The summed E-state index contributed by atoms with van der Waals surface area (Å²) in [6.07, 6.45) is 3.42. The van der Waals surface area contributed by atoms with Crippen LogP contribution in [0.2, 0.25) is 0 Å². The van der Waals surface area contributed by atoms with Crippen LogP contribution in [0.25, 0.3) is 11.3 Å². The van der Waals surface area contributed by atoms with Gasteiger partial charge in [-0.3, -0.25) is 14.5 Å². The van der Waals surface area contributed by atoms with E-state index in [4.69, 9.17) is 0 Å². The number of thiazole rings is 1. The Morgan fingerprint density at radius 1 is 0.964 bits per heavy atom. The molecular formula is C19H21N3O4S2. The zero-order chi connectivity index (χ0) is 19.7. The van der Waals surface area contributed by atoms with Crippen molar-refractivity contribution >= 4 is 33.2 Å². The van der Waals surface area contributed by atoms with Gasteiger partial charge in [-0.25, -0.2) is 13.4 Å². The van der Waals surface area contributed by atoms with Crippen molar-refractivity contribution in [2.24, 2.45) is 0 Å². The molecule has 0 spiro atoms. The third-order valence-corrected chi connectivity index (χ3v) is 7.85. The zero-order valence-corrected chi connectivity index (χ0v) is 17.0. The minimum absolute atomic E-state index is 0.158. The Hall–Kier alpha value is -2.10. The molecule has 2 saturated heterocycles. The zero-order valence-electron chi connectivity index (χ0n) is 15.3. The lowest BCUT2D eigenvalue weighted by atomic mass is 10.2. The molecule has 1 aromatic carbocycles. The third-order valence-electron chi connectivity index (χ3n) is 5.10. The molecule has 0 N–H and O–H groups in total. The monoisotopic (exact) mass is 419 g/mol. The minimum atomic E-state index is -3.45. The van der Waals surface area contributed by atoms with E-state index in [9.17, 15) is 18.0 Å². The Morgan fingerprint density at radius 2 is 1.61 bits per heavy atom. The maximum atomic E-state index is 12.7. The first-order valence-electron chi connectivity index (χ1n) is 9.33. The molecule has 148 valence electrons. The Bertz CT molecular complexity index is 976. The van der Waals surface area contributed by atoms with Gasteiger partial charge in [-0.05, 0) is 25.0 Å². The predicted molar refractivity (Wildman–Crippen MR) is 105 cm³/mol. The van der Waals surface area contributed by atoms with Crippen LogP contribution in [0, 0.1) is 0 Å². The average molecular weight is 420 g/mol. The van der Waals surface area contributed by atoms with Crippen molar-refractivity contribution in [3.8, 4) is 11.3 Å². The molecule has 2 fully saturated rings. The molecule has 9 heteroatoms. The minimum Gasteiger partial charge on any atom is -0.276 e. The summed E-state index contributed by atoms with van der Waals surface area (Å²) in [5.41, 5.74) is 1.51. The fourth-order valence-corrected chi connectivity index (χ4v) is 5.81. The van der Waals surface area contributed by atoms with Gasteiger partial charge in [0.2, 0.25) is 21.8 Å². The van der Waals surface area contributed by atoms with Gasteiger partial charge in [0.1, 0.15) is 5.01 Å². The molecule has 0 saturated carbocycles. The van der Waals surface area contributed by atoms with E-state index < -0.39 is 10.0 Å². The molecule has 2 aliphatic heterocycles. The summed E-state index contributed by atoms with van der Waals surface area (Å²) >= 11 is 1.38. The quantitative estimate of drug-likeness (QED) is 0.695. The lowest BCUT2D eigenvalue weighted by Gasteiger charge is -2.25. The summed E-state index contributed by atoms with van der Waals surface area (Å²) in [5, 5.41) is 2.54. The number of hydrogen-bond acceptors (Lipinski definition) is 6. The highest BCUT2D eigenvalue weighted by Gasteiger charge is 2.29. The van der Waals surface area contributed by atoms with Gasteiger partial charge in [-0.15, -0.1) is 11.3 Å². The number of rotatable bonds is 5. The van der Waals surface area contributed by atoms with Crippen LogP contribution in [0.3, 0.4) is 0 Å². The van der Waals surface area contributed by atoms with Gasteiger partial charge in [-0.1, -0.05) is 18.6 Å². The Morgan fingerprint density at radius 3 is 2.25 bits per heavy atom. The lowest BCUT2D eigenvalue weighted by molar-refractivity contribution is -0.139. The second-order valence-corrected chi connectivity index (χ2v) is 9.87. The van der Waals surface area contributed by atoms with Crippen molar-refractivity contribution in [1.29, 1.82) is 0 Å². The molecule has 0 radical (unpaired) electrons. The molecule has 7 nitrogen and oxygen atoms in total. The number of carbonyl (C=O) groups excluding carboxylic acids is 2. The normalized spacial score (nSPS) is 18.8. The first-order chi connectivity index (χ1) is 13.4. The summed E-state index contributed by atoms with van der Waals surface area (Å²) in [6.45, 7) is 1.35. The van der Waals surface area contributed by atoms with E-state index in [2.05, 4.69) is 4.98 Å². The van der Waals surface area contributed by atoms with Crippen LogP contribution in [0.1, 0.15) is 37.1 Å². The highest BCUT2D eigenvalue weighted by Crippen LogP contribution is 2.27. The summed E-state index contributed by atoms with van der Waals surface area (Å²) in [4.78, 5) is 29.5. The number of hydrogen-bond donors (Lipinski definition) is 0. The van der Waals surface area contributed by atoms with Crippen LogP contribution in [0.15, 0.2) is 34.5 Å². The summed E-state index contributed by atoms with van der Waals surface area (Å²) in [6, 6.07) is 6.74. The molecule has 0 aliphatic carbocycles. The number of amides is 2. The van der Waals surface area contributed by atoms with Crippen LogP contribution >= 0.6 is 11.3 Å². The average Bonchev–Trinajstić information content (AvgIpc) is 3.31. The van der Waals surface area contributed by atoms with Crippen molar-refractivity contribution in [3.63, 3.8) is 0 Å². The molecule has 0 atom stereocenters. The van der Waals surface area contributed by atoms with E-state index >= 15 is 0 Å². The van der Waals surface area contributed by atoms with E-state index in [-0.39, 0.29) is 31.2 Å². The maximum absolute atomic E-state index is 12.7. The first-order valence-corrected chi connectivity index (χ1v) is 11.7. The van der Waals surface area contributed by atoms with Crippen molar-refractivity contribution in [3.05, 3.63) is 34.7 Å². The fourth-order valence-electron chi connectivity index (χ4n) is 3.50. The number of piperidine rings is 1. The van der Waals surface area contributed by atoms with Crippen LogP contribution < -0.4 is 0 Å². The van der Waals surface area contributed by atoms with E-state index in [1.807, 2.05) is 5.38 Å². The van der Waals surface area contributed by atoms with Crippen LogP contribution in [0.5, 0.6) is 0 Å². The highest BCUT2D eigenvalue weighted by molar-refractivity contribution is 7.89. The maximum Gasteiger partial charge on any atom is 0.243 e. The van der Waals surface area contributed by atoms with E-state index in [1.165, 1.54) is 16.2 Å². The number of nitrogens with zero attached hydrogens (tertiary/aromatic N) is 3. The Labute approximate surface area is 168 Å². The van der Waals surface area contributed by atoms with Gasteiger partial charge in [0.15, 0.2) is 0 Å². The Kier molecular flexibility index (Phi) is 5.31. The molecule has 2 amide bonds. The van der Waals surface area contributed by atoms with Crippen LogP contribution in [0.4, 0.5) is 0 Å². The van der Waals surface area contributed by atoms with Crippen molar-refractivity contribution in [2.45, 2.75) is 43.5 Å². The molecule has 0 bridgehead atoms. The smallest absolute Gasteiger partial charge is 0.243 e. The van der Waals surface area contributed by atoms with Gasteiger partial charge < -0.3 is 0 Å². The number of carbonyl (C=O) groups is 2. The molecule has 2 aliphatic rings. The molecule has 1 aromatic heterocycles. The first kappa shape index (κ1) is 19.2. The highest BCUT2D eigenvalue weighted by atomic mass is 32.2. The number of benzene rings is 1. The SMILES string of the molecule is O=C1CCC(=O)N1Cc1nc(-c2ccc(S(=O)(=O)N3CCCCC3)cc2)cs1. The van der Waals surface area contributed by atoms with Crippen molar-refractivity contribution in [1.82, 2.24) is 14.2 Å². The van der Waals surface area contributed by atoms with Gasteiger partial charge in [0, 0.05) is 36.9 Å². The van der Waals surface area contributed by atoms with Crippen molar-refractivity contribution in [2.75, 3.05) is 13.1 Å². The largest absolute Gasteiger partial charge is 0.276 e. The van der Waals surface area contributed by atoms with Gasteiger partial charge in [-0.2, -0.15) is 4.31 Å². The second-order valence-electron chi connectivity index (χ2n) is 6.99. The number of imide groups is 1. The van der Waals surface area contributed by atoms with E-state index in [0.717, 1.165) is 24.8 Å². The second kappa shape index (κ2) is 7.73. The van der Waals surface area contributed by atoms with E-state index in [0.29, 0.717) is 28.7 Å². The summed E-state index contributed by atoms with van der Waals surface area (Å²) < 4.78 is 27.0. The molecule has 0 unspecified atom stereocenters. The summed E-state index contributed by atoms with van der Waals surface area (Å²) in [7, 11) is -3.45. The van der Waals surface area contributed by atoms with Crippen LogP contribution in [-0.4, -0.2) is 47.5 Å². The molecule has 3 heterocycles. The number of sulfonamides is 1.